The van der Waals surface area contributed by atoms with Gasteiger partial charge >= 0.3 is 5.97 Å². The van der Waals surface area contributed by atoms with Gasteiger partial charge in [0.15, 0.2) is 5.13 Å². The first-order valence-corrected chi connectivity index (χ1v) is 8.40. The Balaban J connectivity index is 1.99. The highest BCUT2D eigenvalue weighted by Crippen LogP contribution is 2.39. The molecule has 1 aromatic heterocycles. The average Bonchev–Trinajstić information content (AvgIpc) is 2.96. The smallest absolute Gasteiger partial charge is 0.315 e. The lowest BCUT2D eigenvalue weighted by molar-refractivity contribution is -0.145. The van der Waals surface area contributed by atoms with Crippen LogP contribution in [0.1, 0.15) is 62.9 Å². The number of aromatic nitrogens is 1. The lowest BCUT2D eigenvalue weighted by atomic mass is 10.1. The molecule has 1 aliphatic carbocycles. The highest BCUT2D eigenvalue weighted by Gasteiger charge is 2.33. The molecule has 4 nitrogen and oxygen atoms in total. The van der Waals surface area contributed by atoms with E-state index >= 15 is 0 Å². The number of carbonyl (C=O) groups excluding carboxylic acids is 1. The van der Waals surface area contributed by atoms with Gasteiger partial charge in [0.05, 0.1) is 12.3 Å². The molecule has 0 aliphatic heterocycles. The highest BCUT2D eigenvalue weighted by atomic mass is 32.1. The van der Waals surface area contributed by atoms with Gasteiger partial charge in [0.2, 0.25) is 0 Å². The second-order valence-corrected chi connectivity index (χ2v) is 6.44. The van der Waals surface area contributed by atoms with E-state index in [-0.39, 0.29) is 11.9 Å². The molecule has 0 radical (unpaired) electrons. The summed E-state index contributed by atoms with van der Waals surface area (Å²) in [6.07, 6.45) is 5.39. The van der Waals surface area contributed by atoms with Gasteiger partial charge in [-0.3, -0.25) is 4.79 Å². The van der Waals surface area contributed by atoms with Crippen LogP contribution in [0.5, 0.6) is 0 Å². The normalized spacial score (nSPS) is 18.6. The Kier molecular flexibility index (Phi) is 5.40. The molecule has 0 bridgehead atoms. The zero-order valence-electron chi connectivity index (χ0n) is 12.6. The standard InChI is InChI=1S/C15H24N2O2S/c1-4-6-7-10(3)16-15-17-13-11(14(18)19-5-2)8-9-12(13)20-15/h10-11H,4-9H2,1-3H3,(H,16,17). The molecule has 1 aliphatic rings. The second kappa shape index (κ2) is 7.07. The maximum atomic E-state index is 11.9. The Hall–Kier alpha value is -1.10. The van der Waals surface area contributed by atoms with Gasteiger partial charge < -0.3 is 10.1 Å². The zero-order valence-corrected chi connectivity index (χ0v) is 13.4. The second-order valence-electron chi connectivity index (χ2n) is 5.36. The first-order valence-electron chi connectivity index (χ1n) is 7.58. The van der Waals surface area contributed by atoms with Crippen LogP contribution >= 0.6 is 11.3 Å². The van der Waals surface area contributed by atoms with Gasteiger partial charge in [-0.15, -0.1) is 11.3 Å². The number of unbranched alkanes of at least 4 members (excludes halogenated alkanes) is 1. The van der Waals surface area contributed by atoms with Crippen molar-refractivity contribution in [3.05, 3.63) is 10.6 Å². The van der Waals surface area contributed by atoms with Gasteiger partial charge in [-0.05, 0) is 33.1 Å². The predicted molar refractivity (Wildman–Crippen MR) is 82.4 cm³/mol. The van der Waals surface area contributed by atoms with E-state index in [9.17, 15) is 4.79 Å². The fourth-order valence-corrected chi connectivity index (χ4v) is 3.70. The number of hydrogen-bond donors (Lipinski definition) is 1. The molecule has 0 fully saturated rings. The van der Waals surface area contributed by atoms with Crippen molar-refractivity contribution in [1.82, 2.24) is 4.98 Å². The number of ether oxygens (including phenoxy) is 1. The molecule has 0 amide bonds. The highest BCUT2D eigenvalue weighted by molar-refractivity contribution is 7.15. The number of anilines is 1. The number of nitrogens with one attached hydrogen (secondary N) is 1. The van der Waals surface area contributed by atoms with Crippen molar-refractivity contribution in [3.63, 3.8) is 0 Å². The maximum absolute atomic E-state index is 11.9. The Labute approximate surface area is 124 Å². The summed E-state index contributed by atoms with van der Waals surface area (Å²) < 4.78 is 5.13. The fraction of sp³-hybridized carbons (Fsp3) is 0.733. The van der Waals surface area contributed by atoms with Crippen molar-refractivity contribution in [3.8, 4) is 0 Å². The molecule has 112 valence electrons. The Morgan fingerprint density at radius 2 is 2.35 bits per heavy atom. The number of aryl methyl sites for hydroxylation is 1. The van der Waals surface area contributed by atoms with Gasteiger partial charge in [-0.1, -0.05) is 19.8 Å². The number of thiazole rings is 1. The molecule has 2 atom stereocenters. The molecule has 5 heteroatoms. The third-order valence-electron chi connectivity index (χ3n) is 3.65. The molecule has 1 heterocycles. The minimum absolute atomic E-state index is 0.123. The Morgan fingerprint density at radius 1 is 1.55 bits per heavy atom. The van der Waals surface area contributed by atoms with Crippen LogP contribution in [0, 0.1) is 0 Å². The summed E-state index contributed by atoms with van der Waals surface area (Å²) in [6.45, 7) is 6.67. The van der Waals surface area contributed by atoms with Crippen LogP contribution in [0.25, 0.3) is 0 Å². The first kappa shape index (κ1) is 15.3. The van der Waals surface area contributed by atoms with Crippen molar-refractivity contribution in [1.29, 1.82) is 0 Å². The quantitative estimate of drug-likeness (QED) is 0.779. The minimum atomic E-state index is -0.150. The summed E-state index contributed by atoms with van der Waals surface area (Å²) in [4.78, 5) is 17.8. The molecule has 1 N–H and O–H groups in total. The summed E-state index contributed by atoms with van der Waals surface area (Å²) in [5.41, 5.74) is 0.943. The van der Waals surface area contributed by atoms with Crippen LogP contribution in [0.15, 0.2) is 0 Å². The van der Waals surface area contributed by atoms with Gasteiger partial charge in [0.25, 0.3) is 0 Å². The zero-order chi connectivity index (χ0) is 14.5. The Morgan fingerprint density at radius 3 is 3.05 bits per heavy atom. The average molecular weight is 296 g/mol. The molecule has 0 saturated heterocycles. The number of hydrogen-bond acceptors (Lipinski definition) is 5. The van der Waals surface area contributed by atoms with Crippen molar-refractivity contribution in [2.45, 2.75) is 64.8 Å². The topological polar surface area (TPSA) is 51.2 Å². The van der Waals surface area contributed by atoms with E-state index in [0.717, 1.165) is 30.1 Å². The number of carbonyl (C=O) groups is 1. The molecule has 1 aromatic rings. The van der Waals surface area contributed by atoms with Crippen LogP contribution in [0.3, 0.4) is 0 Å². The fourth-order valence-electron chi connectivity index (χ4n) is 2.55. The van der Waals surface area contributed by atoms with Crippen molar-refractivity contribution >= 4 is 22.4 Å². The maximum Gasteiger partial charge on any atom is 0.315 e. The van der Waals surface area contributed by atoms with E-state index in [0.29, 0.717) is 12.6 Å². The van der Waals surface area contributed by atoms with Gasteiger partial charge in [-0.2, -0.15) is 0 Å². The molecule has 2 rings (SSSR count). The Bertz CT molecular complexity index is 459. The summed E-state index contributed by atoms with van der Waals surface area (Å²) in [5, 5.41) is 4.40. The van der Waals surface area contributed by atoms with E-state index in [1.54, 1.807) is 11.3 Å². The number of esters is 1. The molecule has 0 aromatic carbocycles. The SMILES string of the molecule is CCCCC(C)Nc1nc2c(s1)CCC2C(=O)OCC. The van der Waals surface area contributed by atoms with E-state index in [1.165, 1.54) is 17.7 Å². The van der Waals surface area contributed by atoms with Crippen LogP contribution < -0.4 is 5.32 Å². The first-order chi connectivity index (χ1) is 9.65. The molecule has 2 unspecified atom stereocenters. The number of rotatable bonds is 7. The van der Waals surface area contributed by atoms with Crippen molar-refractivity contribution in [2.75, 3.05) is 11.9 Å². The van der Waals surface area contributed by atoms with Crippen molar-refractivity contribution < 1.29 is 9.53 Å². The molecule has 0 spiro atoms. The van der Waals surface area contributed by atoms with Crippen molar-refractivity contribution in [2.24, 2.45) is 0 Å². The van der Waals surface area contributed by atoms with Gasteiger partial charge in [0.1, 0.15) is 5.92 Å². The van der Waals surface area contributed by atoms with Crippen LogP contribution in [-0.4, -0.2) is 23.6 Å². The molecular weight excluding hydrogens is 272 g/mol. The number of fused-ring (bicyclic) bond motifs is 1. The third-order valence-corrected chi connectivity index (χ3v) is 4.71. The lowest BCUT2D eigenvalue weighted by Crippen LogP contribution is -2.16. The summed E-state index contributed by atoms with van der Waals surface area (Å²) in [6, 6.07) is 0.433. The molecule has 0 saturated carbocycles. The van der Waals surface area contributed by atoms with E-state index in [4.69, 9.17) is 4.74 Å². The predicted octanol–water partition coefficient (Wildman–Crippen LogP) is 3.73. The monoisotopic (exact) mass is 296 g/mol. The summed E-state index contributed by atoms with van der Waals surface area (Å²) in [7, 11) is 0. The molecular formula is C15H24N2O2S. The van der Waals surface area contributed by atoms with E-state index < -0.39 is 0 Å². The number of nitrogens with zero attached hydrogens (tertiary/aromatic N) is 1. The third kappa shape index (κ3) is 3.51. The van der Waals surface area contributed by atoms with Gasteiger partial charge in [-0.25, -0.2) is 4.98 Å². The van der Waals surface area contributed by atoms with Crippen LogP contribution in [-0.2, 0) is 16.0 Å². The summed E-state index contributed by atoms with van der Waals surface area (Å²) in [5.74, 6) is -0.273. The van der Waals surface area contributed by atoms with E-state index in [2.05, 4.69) is 24.1 Å². The van der Waals surface area contributed by atoms with Crippen LogP contribution in [0.4, 0.5) is 5.13 Å². The van der Waals surface area contributed by atoms with E-state index in [1.807, 2.05) is 6.92 Å². The van der Waals surface area contributed by atoms with Crippen LogP contribution in [0.2, 0.25) is 0 Å². The minimum Gasteiger partial charge on any atom is -0.465 e. The largest absolute Gasteiger partial charge is 0.465 e. The molecule has 20 heavy (non-hydrogen) atoms. The lowest BCUT2D eigenvalue weighted by Gasteiger charge is -2.12. The van der Waals surface area contributed by atoms with Gasteiger partial charge in [0, 0.05) is 10.9 Å². The summed E-state index contributed by atoms with van der Waals surface area (Å²) >= 11 is 1.69.